The number of hydrogen-bond acceptors (Lipinski definition) is 4. The second kappa shape index (κ2) is 7.35. The van der Waals surface area contributed by atoms with Crippen molar-refractivity contribution < 1.29 is 14.5 Å². The van der Waals surface area contributed by atoms with Crippen LogP contribution in [0.5, 0.6) is 0 Å². The van der Waals surface area contributed by atoms with E-state index in [0.29, 0.717) is 16.6 Å². The molecule has 0 aliphatic heterocycles. The molecule has 1 rings (SSSR count). The molecule has 1 heterocycles. The minimum absolute atomic E-state index is 0.111. The van der Waals surface area contributed by atoms with E-state index < -0.39 is 17.1 Å². The van der Waals surface area contributed by atoms with Gasteiger partial charge in [-0.2, -0.15) is 4.98 Å². The molecule has 0 aromatic carbocycles. The van der Waals surface area contributed by atoms with Crippen LogP contribution in [-0.2, 0) is 11.2 Å². The number of aromatic nitrogens is 1. The zero-order valence-corrected chi connectivity index (χ0v) is 12.3. The molecule has 0 saturated carbocycles. The van der Waals surface area contributed by atoms with Crippen molar-refractivity contribution >= 4 is 23.0 Å². The summed E-state index contributed by atoms with van der Waals surface area (Å²) in [5.74, 6) is -0.0863. The lowest BCUT2D eigenvalue weighted by molar-refractivity contribution is 0.0696. The smallest absolute Gasteiger partial charge is 0.336 e. The van der Waals surface area contributed by atoms with Crippen LogP contribution < -0.4 is 5.32 Å². The predicted molar refractivity (Wildman–Crippen MR) is 76.1 cm³/mol. The van der Waals surface area contributed by atoms with Gasteiger partial charge in [0.2, 0.25) is 5.03 Å². The van der Waals surface area contributed by atoms with Crippen molar-refractivity contribution in [2.75, 3.05) is 11.1 Å². The monoisotopic (exact) mass is 284 g/mol. The first-order valence-electron chi connectivity index (χ1n) is 6.38. The van der Waals surface area contributed by atoms with Gasteiger partial charge in [0.05, 0.1) is 5.56 Å². The van der Waals surface area contributed by atoms with E-state index in [2.05, 4.69) is 10.3 Å². The van der Waals surface area contributed by atoms with E-state index in [4.69, 9.17) is 5.11 Å². The number of carboxylic acids is 1. The Morgan fingerprint density at radius 1 is 1.53 bits per heavy atom. The van der Waals surface area contributed by atoms with Crippen molar-refractivity contribution in [2.45, 2.75) is 44.7 Å². The molecule has 0 fully saturated rings. The van der Waals surface area contributed by atoms with Crippen LogP contribution in [0.3, 0.4) is 0 Å². The lowest BCUT2D eigenvalue weighted by Crippen LogP contribution is -2.17. The fourth-order valence-corrected chi connectivity index (χ4v) is 2.50. The van der Waals surface area contributed by atoms with Crippen molar-refractivity contribution in [3.63, 3.8) is 0 Å². The first-order valence-corrected chi connectivity index (χ1v) is 7.70. The van der Waals surface area contributed by atoms with Gasteiger partial charge in [-0.25, -0.2) is 4.79 Å². The number of rotatable bonds is 7. The van der Waals surface area contributed by atoms with Gasteiger partial charge in [0, 0.05) is 23.3 Å². The van der Waals surface area contributed by atoms with E-state index in [1.165, 1.54) is 12.1 Å². The van der Waals surface area contributed by atoms with Gasteiger partial charge in [0.25, 0.3) is 0 Å². The molecule has 0 aliphatic rings. The third kappa shape index (κ3) is 4.72. The molecule has 1 aromatic rings. The first-order chi connectivity index (χ1) is 8.97. The quantitative estimate of drug-likeness (QED) is 0.751. The van der Waals surface area contributed by atoms with Crippen LogP contribution in [0.1, 0.15) is 44.0 Å². The third-order valence-corrected chi connectivity index (χ3v) is 4.13. The number of carbonyl (C=O) groups is 1. The maximum Gasteiger partial charge on any atom is 0.336 e. The van der Waals surface area contributed by atoms with Gasteiger partial charge < -0.3 is 15.0 Å². The molecular formula is C13H20N2O3S. The van der Waals surface area contributed by atoms with E-state index in [1.54, 1.807) is 0 Å². The fraction of sp³-hybridized carbons (Fsp3) is 0.538. The van der Waals surface area contributed by atoms with E-state index in [1.807, 2.05) is 20.8 Å². The lowest BCUT2D eigenvalue weighted by atomic mass is 10.2. The van der Waals surface area contributed by atoms with E-state index in [9.17, 15) is 9.35 Å². The molecule has 0 amide bonds. The summed E-state index contributed by atoms with van der Waals surface area (Å²) in [5.41, 5.74) is 0.111. The lowest BCUT2D eigenvalue weighted by Gasteiger charge is -2.15. The topological polar surface area (TPSA) is 85.3 Å². The Labute approximate surface area is 116 Å². The Bertz CT molecular complexity index is 440. The van der Waals surface area contributed by atoms with Crippen molar-refractivity contribution in [3.8, 4) is 0 Å². The molecule has 0 bridgehead atoms. The highest BCUT2D eigenvalue weighted by atomic mass is 32.2. The van der Waals surface area contributed by atoms with Crippen molar-refractivity contribution in [3.05, 3.63) is 17.7 Å². The summed E-state index contributed by atoms with van der Waals surface area (Å²) < 4.78 is 12.0. The Balaban J connectivity index is 3.06. The summed E-state index contributed by atoms with van der Waals surface area (Å²) in [6, 6.07) is 3.04. The van der Waals surface area contributed by atoms with Crippen LogP contribution in [0.4, 0.5) is 5.82 Å². The molecule has 0 radical (unpaired) electrons. The standard InChI is InChI=1S/C13H20N2O3S/c1-4-6-19(18)12-8-10(13(16)17)7-11(15-12)14-9(3)5-2/h7-9H,4-6H2,1-3H3,(H,14,15)(H,16,17)/t9-,19?/m0/s1. The summed E-state index contributed by atoms with van der Waals surface area (Å²) in [5, 5.41) is 12.5. The van der Waals surface area contributed by atoms with Crippen molar-refractivity contribution in [2.24, 2.45) is 0 Å². The molecular weight excluding hydrogens is 264 g/mol. The van der Waals surface area contributed by atoms with Crippen LogP contribution >= 0.6 is 0 Å². The zero-order chi connectivity index (χ0) is 14.4. The van der Waals surface area contributed by atoms with E-state index in [-0.39, 0.29) is 11.6 Å². The molecule has 19 heavy (non-hydrogen) atoms. The second-order valence-corrected chi connectivity index (χ2v) is 5.91. The van der Waals surface area contributed by atoms with Gasteiger partial charge in [-0.15, -0.1) is 0 Å². The van der Waals surface area contributed by atoms with Gasteiger partial charge in [-0.1, -0.05) is 13.8 Å². The zero-order valence-electron chi connectivity index (χ0n) is 11.5. The van der Waals surface area contributed by atoms with Crippen molar-refractivity contribution in [1.29, 1.82) is 0 Å². The molecule has 106 valence electrons. The number of nitrogens with one attached hydrogen (secondary N) is 1. The van der Waals surface area contributed by atoms with E-state index in [0.717, 1.165) is 12.8 Å². The summed E-state index contributed by atoms with van der Waals surface area (Å²) in [6.45, 7) is 5.93. The average Bonchev–Trinajstić information content (AvgIpc) is 2.38. The van der Waals surface area contributed by atoms with Crippen LogP contribution in [0, 0.1) is 0 Å². The summed E-state index contributed by atoms with van der Waals surface area (Å²) in [4.78, 5) is 15.3. The number of nitrogens with zero attached hydrogens (tertiary/aromatic N) is 1. The molecule has 0 saturated heterocycles. The number of carboxylic acid groups (broad SMARTS) is 1. The summed E-state index contributed by atoms with van der Waals surface area (Å²) in [7, 11) is 0. The summed E-state index contributed by atoms with van der Waals surface area (Å²) >= 11 is -1.25. The van der Waals surface area contributed by atoms with Gasteiger partial charge in [0.15, 0.2) is 0 Å². The SMILES string of the molecule is CCC[S+]([O-])c1cc(C(=O)O)cc(N[C@@H](C)CC)n1. The second-order valence-electron chi connectivity index (χ2n) is 4.39. The average molecular weight is 284 g/mol. The Kier molecular flexibility index (Phi) is 6.11. The molecule has 6 heteroatoms. The first kappa shape index (κ1) is 15.8. The molecule has 2 atom stereocenters. The van der Waals surface area contributed by atoms with Crippen LogP contribution in [0.2, 0.25) is 0 Å². The number of hydrogen-bond donors (Lipinski definition) is 2. The van der Waals surface area contributed by atoms with E-state index >= 15 is 0 Å². The number of pyridine rings is 1. The van der Waals surface area contributed by atoms with Gasteiger partial charge in [-0.05, 0) is 25.8 Å². The number of anilines is 1. The normalized spacial score (nSPS) is 13.9. The van der Waals surface area contributed by atoms with Crippen LogP contribution in [0.15, 0.2) is 17.2 Å². The molecule has 5 nitrogen and oxygen atoms in total. The van der Waals surface area contributed by atoms with Gasteiger partial charge in [-0.3, -0.25) is 0 Å². The highest BCUT2D eigenvalue weighted by molar-refractivity contribution is 7.91. The highest BCUT2D eigenvalue weighted by Gasteiger charge is 2.17. The van der Waals surface area contributed by atoms with Crippen molar-refractivity contribution in [1.82, 2.24) is 4.98 Å². The molecule has 1 aromatic heterocycles. The minimum Gasteiger partial charge on any atom is -0.610 e. The maximum atomic E-state index is 12.0. The van der Waals surface area contributed by atoms with Gasteiger partial charge >= 0.3 is 5.97 Å². The molecule has 0 spiro atoms. The molecule has 1 unspecified atom stereocenters. The van der Waals surface area contributed by atoms with Gasteiger partial charge in [0.1, 0.15) is 11.6 Å². The number of aromatic carboxylic acids is 1. The fourth-order valence-electron chi connectivity index (χ4n) is 1.46. The summed E-state index contributed by atoms with van der Waals surface area (Å²) in [6.07, 6.45) is 1.66. The predicted octanol–water partition coefficient (Wildman–Crippen LogP) is 2.51. The molecule has 2 N–H and O–H groups in total. The molecule has 0 aliphatic carbocycles. The van der Waals surface area contributed by atoms with Crippen LogP contribution in [-0.4, -0.2) is 32.4 Å². The Morgan fingerprint density at radius 3 is 2.74 bits per heavy atom. The van der Waals surface area contributed by atoms with Crippen LogP contribution in [0.25, 0.3) is 0 Å². The maximum absolute atomic E-state index is 12.0. The highest BCUT2D eigenvalue weighted by Crippen LogP contribution is 2.17. The minimum atomic E-state index is -1.25. The largest absolute Gasteiger partial charge is 0.610 e. The third-order valence-electron chi connectivity index (χ3n) is 2.68. The Morgan fingerprint density at radius 2 is 2.21 bits per heavy atom. The Hall–Kier alpha value is -1.27.